The second-order valence-electron chi connectivity index (χ2n) is 3.80. The Kier molecular flexibility index (Phi) is 4.63. The SMILES string of the molecule is CC1=C(C)C(=O)C(CCCOC(=O)Cl)=CC1=O. The lowest BCUT2D eigenvalue weighted by atomic mass is 9.89. The maximum atomic E-state index is 11.8. The normalized spacial score (nSPS) is 16.1. The van der Waals surface area contributed by atoms with Crippen LogP contribution in [0.4, 0.5) is 4.79 Å². The van der Waals surface area contributed by atoms with Gasteiger partial charge in [-0.25, -0.2) is 4.79 Å². The first-order valence-electron chi connectivity index (χ1n) is 5.23. The number of Topliss-reactive ketones (excluding diaryl/α,β-unsaturated/α-hetero) is 1. The van der Waals surface area contributed by atoms with E-state index in [1.165, 1.54) is 6.08 Å². The standard InChI is InChI=1S/C12H13ClO4/c1-7-8(2)11(15)9(6-10(7)14)4-3-5-17-12(13)16/h6H,3-5H2,1-2H3. The molecule has 0 heterocycles. The molecule has 0 unspecified atom stereocenters. The zero-order valence-corrected chi connectivity index (χ0v) is 10.5. The van der Waals surface area contributed by atoms with Crippen LogP contribution in [0.1, 0.15) is 26.7 Å². The summed E-state index contributed by atoms with van der Waals surface area (Å²) >= 11 is 4.99. The third-order valence-corrected chi connectivity index (χ3v) is 2.78. The number of carbonyl (C=O) groups excluding carboxylic acids is 3. The molecule has 0 amide bonds. The molecule has 0 atom stereocenters. The van der Waals surface area contributed by atoms with Crippen molar-refractivity contribution in [2.75, 3.05) is 6.61 Å². The second-order valence-corrected chi connectivity index (χ2v) is 4.11. The molecule has 0 aliphatic heterocycles. The van der Waals surface area contributed by atoms with E-state index in [2.05, 4.69) is 4.74 Å². The number of ketones is 2. The summed E-state index contributed by atoms with van der Waals surface area (Å²) in [5, 5.41) is 0. The number of halogens is 1. The Balaban J connectivity index is 2.56. The number of allylic oxidation sites excluding steroid dienone is 4. The summed E-state index contributed by atoms with van der Waals surface area (Å²) in [7, 11) is 0. The minimum absolute atomic E-state index is 0.112. The van der Waals surface area contributed by atoms with Gasteiger partial charge in [-0.15, -0.1) is 0 Å². The predicted octanol–water partition coefficient (Wildman–Crippen LogP) is 2.56. The maximum Gasteiger partial charge on any atom is 0.403 e. The van der Waals surface area contributed by atoms with Gasteiger partial charge in [0.05, 0.1) is 6.61 Å². The summed E-state index contributed by atoms with van der Waals surface area (Å²) < 4.78 is 4.53. The lowest BCUT2D eigenvalue weighted by Gasteiger charge is -2.13. The van der Waals surface area contributed by atoms with E-state index < -0.39 is 5.43 Å². The van der Waals surface area contributed by atoms with Crippen molar-refractivity contribution in [3.8, 4) is 0 Å². The van der Waals surface area contributed by atoms with E-state index in [4.69, 9.17) is 11.6 Å². The van der Waals surface area contributed by atoms with E-state index in [9.17, 15) is 14.4 Å². The molecule has 0 N–H and O–H groups in total. The zero-order valence-electron chi connectivity index (χ0n) is 9.71. The van der Waals surface area contributed by atoms with Gasteiger partial charge in [-0.1, -0.05) is 0 Å². The molecule has 0 spiro atoms. The van der Waals surface area contributed by atoms with Gasteiger partial charge in [0.1, 0.15) is 0 Å². The van der Waals surface area contributed by atoms with E-state index in [1.807, 2.05) is 0 Å². The van der Waals surface area contributed by atoms with Gasteiger partial charge in [0, 0.05) is 28.3 Å². The van der Waals surface area contributed by atoms with Crippen LogP contribution in [-0.2, 0) is 14.3 Å². The van der Waals surface area contributed by atoms with Crippen molar-refractivity contribution in [3.63, 3.8) is 0 Å². The summed E-state index contributed by atoms with van der Waals surface area (Å²) in [4.78, 5) is 33.6. The highest BCUT2D eigenvalue weighted by molar-refractivity contribution is 6.61. The summed E-state index contributed by atoms with van der Waals surface area (Å²) in [6, 6.07) is 0. The minimum atomic E-state index is -0.864. The van der Waals surface area contributed by atoms with E-state index >= 15 is 0 Å². The molecular formula is C12H13ClO4. The van der Waals surface area contributed by atoms with Crippen molar-refractivity contribution >= 4 is 28.6 Å². The Bertz CT molecular complexity index is 432. The zero-order chi connectivity index (χ0) is 13.0. The molecule has 0 saturated carbocycles. The molecule has 1 aliphatic carbocycles. The van der Waals surface area contributed by atoms with E-state index in [1.54, 1.807) is 13.8 Å². The largest absolute Gasteiger partial charge is 0.454 e. The first kappa shape index (κ1) is 13.6. The maximum absolute atomic E-state index is 11.8. The molecule has 4 nitrogen and oxygen atoms in total. The van der Waals surface area contributed by atoms with Crippen LogP contribution in [0, 0.1) is 0 Å². The van der Waals surface area contributed by atoms with Gasteiger partial charge in [-0.05, 0) is 32.8 Å². The van der Waals surface area contributed by atoms with Gasteiger partial charge in [0.15, 0.2) is 11.6 Å². The highest BCUT2D eigenvalue weighted by atomic mass is 35.5. The average Bonchev–Trinajstić information content (AvgIpc) is 2.27. The van der Waals surface area contributed by atoms with Crippen molar-refractivity contribution in [3.05, 3.63) is 22.8 Å². The van der Waals surface area contributed by atoms with E-state index in [0.717, 1.165) is 0 Å². The number of carbonyl (C=O) groups is 3. The molecule has 0 bridgehead atoms. The van der Waals surface area contributed by atoms with Crippen LogP contribution >= 0.6 is 11.6 Å². The van der Waals surface area contributed by atoms with Gasteiger partial charge in [0.2, 0.25) is 0 Å². The van der Waals surface area contributed by atoms with Crippen molar-refractivity contribution in [1.29, 1.82) is 0 Å². The molecule has 1 rings (SSSR count). The van der Waals surface area contributed by atoms with Crippen LogP contribution in [0.3, 0.4) is 0 Å². The van der Waals surface area contributed by atoms with Crippen LogP contribution in [0.15, 0.2) is 22.8 Å². The van der Waals surface area contributed by atoms with Crippen molar-refractivity contribution < 1.29 is 19.1 Å². The molecule has 17 heavy (non-hydrogen) atoms. The van der Waals surface area contributed by atoms with Crippen molar-refractivity contribution in [1.82, 2.24) is 0 Å². The number of rotatable bonds is 4. The molecule has 0 aromatic carbocycles. The molecule has 0 fully saturated rings. The Morgan fingerprint density at radius 2 is 1.94 bits per heavy atom. The molecule has 1 aliphatic rings. The molecule has 0 aromatic rings. The Hall–Kier alpha value is -1.42. The topological polar surface area (TPSA) is 60.4 Å². The molecule has 0 saturated heterocycles. The Labute approximate surface area is 104 Å². The quantitative estimate of drug-likeness (QED) is 0.441. The van der Waals surface area contributed by atoms with Gasteiger partial charge in [0.25, 0.3) is 0 Å². The summed E-state index contributed by atoms with van der Waals surface area (Å²) in [5.41, 5.74) is 0.577. The Morgan fingerprint density at radius 1 is 1.29 bits per heavy atom. The van der Waals surface area contributed by atoms with Gasteiger partial charge in [-0.3, -0.25) is 9.59 Å². The monoisotopic (exact) mass is 256 g/mol. The van der Waals surface area contributed by atoms with Crippen LogP contribution in [0.5, 0.6) is 0 Å². The highest BCUT2D eigenvalue weighted by Gasteiger charge is 2.22. The van der Waals surface area contributed by atoms with Crippen molar-refractivity contribution in [2.45, 2.75) is 26.7 Å². The third-order valence-electron chi connectivity index (χ3n) is 2.68. The molecule has 0 aromatic heterocycles. The molecular weight excluding hydrogens is 244 g/mol. The fourth-order valence-corrected chi connectivity index (χ4v) is 1.61. The van der Waals surface area contributed by atoms with Crippen LogP contribution in [-0.4, -0.2) is 23.6 Å². The first-order valence-corrected chi connectivity index (χ1v) is 5.60. The summed E-state index contributed by atoms with van der Waals surface area (Å²) in [6.07, 6.45) is 2.22. The Morgan fingerprint density at radius 3 is 2.53 bits per heavy atom. The fourth-order valence-electron chi connectivity index (χ4n) is 1.53. The number of hydrogen-bond donors (Lipinski definition) is 0. The van der Waals surface area contributed by atoms with Gasteiger partial charge >= 0.3 is 5.43 Å². The second kappa shape index (κ2) is 5.77. The molecule has 0 radical (unpaired) electrons. The third kappa shape index (κ3) is 3.53. The predicted molar refractivity (Wildman–Crippen MR) is 62.9 cm³/mol. The number of ether oxygens (including phenoxy) is 1. The smallest absolute Gasteiger partial charge is 0.403 e. The van der Waals surface area contributed by atoms with Crippen LogP contribution in [0.25, 0.3) is 0 Å². The van der Waals surface area contributed by atoms with Gasteiger partial charge < -0.3 is 4.74 Å². The first-order chi connectivity index (χ1) is 7.93. The van der Waals surface area contributed by atoms with Crippen molar-refractivity contribution in [2.24, 2.45) is 0 Å². The highest BCUT2D eigenvalue weighted by Crippen LogP contribution is 2.21. The molecule has 5 heteroatoms. The van der Waals surface area contributed by atoms with E-state index in [0.29, 0.717) is 29.6 Å². The fraction of sp³-hybridized carbons (Fsp3) is 0.417. The number of hydrogen-bond acceptors (Lipinski definition) is 4. The average molecular weight is 257 g/mol. The lowest BCUT2D eigenvalue weighted by Crippen LogP contribution is -2.16. The summed E-state index contributed by atoms with van der Waals surface area (Å²) in [6.45, 7) is 3.42. The van der Waals surface area contributed by atoms with Crippen LogP contribution < -0.4 is 0 Å². The minimum Gasteiger partial charge on any atom is -0.454 e. The summed E-state index contributed by atoms with van der Waals surface area (Å²) in [5.74, 6) is -0.245. The molecule has 92 valence electrons. The lowest BCUT2D eigenvalue weighted by molar-refractivity contribution is -0.116. The van der Waals surface area contributed by atoms with Crippen LogP contribution in [0.2, 0.25) is 0 Å². The van der Waals surface area contributed by atoms with E-state index in [-0.39, 0.29) is 18.2 Å². The van der Waals surface area contributed by atoms with Gasteiger partial charge in [-0.2, -0.15) is 0 Å².